The molecule has 2 heterocycles. The van der Waals surface area contributed by atoms with Crippen LogP contribution >= 0.6 is 11.8 Å². The lowest BCUT2D eigenvalue weighted by atomic mass is 10.1. The van der Waals surface area contributed by atoms with Gasteiger partial charge >= 0.3 is 0 Å². The van der Waals surface area contributed by atoms with Gasteiger partial charge in [0.05, 0.1) is 0 Å². The second-order valence-corrected chi connectivity index (χ2v) is 6.40. The van der Waals surface area contributed by atoms with Gasteiger partial charge < -0.3 is 4.90 Å². The highest BCUT2D eigenvalue weighted by atomic mass is 32.2. The standard InChI is InChI=1S/C11H17NOS/c1-11(2)8-9(7-10(13)14-11)12-5-3-4-6-12/h7H,3-6,8H2,1-2H3. The first-order chi connectivity index (χ1) is 6.57. The van der Waals surface area contributed by atoms with Gasteiger partial charge in [-0.05, 0) is 26.7 Å². The Morgan fingerprint density at radius 1 is 1.36 bits per heavy atom. The molecule has 0 bridgehead atoms. The molecular weight excluding hydrogens is 194 g/mol. The number of rotatable bonds is 1. The third-order valence-corrected chi connectivity index (χ3v) is 3.80. The van der Waals surface area contributed by atoms with E-state index in [1.165, 1.54) is 30.3 Å². The van der Waals surface area contributed by atoms with Crippen LogP contribution in [-0.2, 0) is 4.79 Å². The van der Waals surface area contributed by atoms with Crippen LogP contribution < -0.4 is 0 Å². The second-order valence-electron chi connectivity index (χ2n) is 4.69. The monoisotopic (exact) mass is 211 g/mol. The predicted octanol–water partition coefficient (Wildman–Crippen LogP) is 2.41. The van der Waals surface area contributed by atoms with E-state index in [9.17, 15) is 4.79 Å². The van der Waals surface area contributed by atoms with Crippen LogP contribution in [0.25, 0.3) is 0 Å². The molecule has 2 rings (SSSR count). The van der Waals surface area contributed by atoms with E-state index in [2.05, 4.69) is 18.7 Å². The molecule has 0 N–H and O–H groups in total. The summed E-state index contributed by atoms with van der Waals surface area (Å²) in [5.41, 5.74) is 1.26. The normalized spacial score (nSPS) is 26.6. The summed E-state index contributed by atoms with van der Waals surface area (Å²) in [6, 6.07) is 0. The van der Waals surface area contributed by atoms with Gasteiger partial charge in [-0.15, -0.1) is 0 Å². The lowest BCUT2D eigenvalue weighted by Crippen LogP contribution is -2.30. The van der Waals surface area contributed by atoms with Crippen molar-refractivity contribution in [1.29, 1.82) is 0 Å². The van der Waals surface area contributed by atoms with Gasteiger partial charge in [0.1, 0.15) is 0 Å². The second kappa shape index (κ2) is 3.61. The van der Waals surface area contributed by atoms with Crippen molar-refractivity contribution in [2.24, 2.45) is 0 Å². The van der Waals surface area contributed by atoms with Crippen molar-refractivity contribution in [3.8, 4) is 0 Å². The van der Waals surface area contributed by atoms with Gasteiger partial charge in [-0.3, -0.25) is 4.79 Å². The number of hydrogen-bond acceptors (Lipinski definition) is 3. The van der Waals surface area contributed by atoms with Crippen molar-refractivity contribution >= 4 is 16.9 Å². The Hall–Kier alpha value is -0.440. The molecule has 0 aromatic carbocycles. The van der Waals surface area contributed by atoms with Crippen LogP contribution in [0.4, 0.5) is 0 Å². The van der Waals surface area contributed by atoms with Gasteiger partial charge in [0.15, 0.2) is 0 Å². The number of carbonyl (C=O) groups excluding carboxylic acids is 1. The summed E-state index contributed by atoms with van der Waals surface area (Å²) in [6.07, 6.45) is 5.42. The van der Waals surface area contributed by atoms with Gasteiger partial charge in [-0.1, -0.05) is 11.8 Å². The Kier molecular flexibility index (Phi) is 2.60. The molecule has 2 aliphatic heterocycles. The molecule has 1 fully saturated rings. The van der Waals surface area contributed by atoms with Gasteiger partial charge in [0, 0.05) is 36.0 Å². The van der Waals surface area contributed by atoms with E-state index < -0.39 is 0 Å². The zero-order valence-electron chi connectivity index (χ0n) is 8.88. The average Bonchev–Trinajstić information content (AvgIpc) is 2.51. The number of thioether (sulfide) groups is 1. The lowest BCUT2D eigenvalue weighted by Gasteiger charge is -2.32. The first-order valence-electron chi connectivity index (χ1n) is 5.25. The Bertz CT molecular complexity index is 277. The molecule has 0 saturated carbocycles. The Labute approximate surface area is 89.7 Å². The fourth-order valence-electron chi connectivity index (χ4n) is 2.17. The number of hydrogen-bond donors (Lipinski definition) is 0. The van der Waals surface area contributed by atoms with Gasteiger partial charge in [0.25, 0.3) is 0 Å². The highest BCUT2D eigenvalue weighted by molar-refractivity contribution is 8.15. The molecular formula is C11H17NOS. The maximum Gasteiger partial charge on any atom is 0.214 e. The van der Waals surface area contributed by atoms with Crippen LogP contribution in [0.5, 0.6) is 0 Å². The fourth-order valence-corrected chi connectivity index (χ4v) is 3.13. The minimum atomic E-state index is 0.0871. The Morgan fingerprint density at radius 3 is 2.57 bits per heavy atom. The van der Waals surface area contributed by atoms with Gasteiger partial charge in [-0.2, -0.15) is 0 Å². The molecule has 1 saturated heterocycles. The van der Waals surface area contributed by atoms with Crippen molar-refractivity contribution < 1.29 is 4.79 Å². The molecule has 3 heteroatoms. The minimum absolute atomic E-state index is 0.0871. The molecule has 0 aromatic heterocycles. The molecule has 14 heavy (non-hydrogen) atoms. The van der Waals surface area contributed by atoms with Crippen molar-refractivity contribution in [3.05, 3.63) is 11.8 Å². The molecule has 0 atom stereocenters. The van der Waals surface area contributed by atoms with E-state index in [1.54, 1.807) is 0 Å². The predicted molar refractivity (Wildman–Crippen MR) is 60.2 cm³/mol. The molecule has 0 aromatic rings. The van der Waals surface area contributed by atoms with Gasteiger partial charge in [-0.25, -0.2) is 0 Å². The molecule has 0 spiro atoms. The van der Waals surface area contributed by atoms with E-state index in [-0.39, 0.29) is 9.86 Å². The van der Waals surface area contributed by atoms with Crippen molar-refractivity contribution in [1.82, 2.24) is 4.90 Å². The van der Waals surface area contributed by atoms with Crippen LogP contribution in [0, 0.1) is 0 Å². The van der Waals surface area contributed by atoms with Crippen LogP contribution in [0.3, 0.4) is 0 Å². The zero-order valence-corrected chi connectivity index (χ0v) is 9.69. The molecule has 0 aliphatic carbocycles. The van der Waals surface area contributed by atoms with Crippen molar-refractivity contribution in [3.63, 3.8) is 0 Å². The maximum absolute atomic E-state index is 11.5. The first-order valence-corrected chi connectivity index (χ1v) is 6.07. The smallest absolute Gasteiger partial charge is 0.214 e. The minimum Gasteiger partial charge on any atom is -0.375 e. The SMILES string of the molecule is CC1(C)CC(N2CCCC2)=CC(=O)S1. The summed E-state index contributed by atoms with van der Waals surface area (Å²) in [4.78, 5) is 13.9. The Morgan fingerprint density at radius 2 is 2.00 bits per heavy atom. The number of carbonyl (C=O) groups is 1. The number of nitrogens with zero attached hydrogens (tertiary/aromatic N) is 1. The third-order valence-electron chi connectivity index (χ3n) is 2.78. The number of allylic oxidation sites excluding steroid dienone is 1. The lowest BCUT2D eigenvalue weighted by molar-refractivity contribution is -0.107. The largest absolute Gasteiger partial charge is 0.375 e. The molecule has 0 amide bonds. The average molecular weight is 211 g/mol. The molecule has 2 nitrogen and oxygen atoms in total. The summed E-state index contributed by atoms with van der Waals surface area (Å²) in [5, 5.41) is 0.225. The van der Waals surface area contributed by atoms with Gasteiger partial charge in [0.2, 0.25) is 5.12 Å². The van der Waals surface area contributed by atoms with Crippen LogP contribution in [0.15, 0.2) is 11.8 Å². The maximum atomic E-state index is 11.5. The topological polar surface area (TPSA) is 20.3 Å². The van der Waals surface area contributed by atoms with Crippen molar-refractivity contribution in [2.45, 2.75) is 37.9 Å². The van der Waals surface area contributed by atoms with Crippen LogP contribution in [0.1, 0.15) is 33.1 Å². The van der Waals surface area contributed by atoms with E-state index in [0.717, 1.165) is 19.5 Å². The number of likely N-dealkylation sites (tertiary alicyclic amines) is 1. The summed E-state index contributed by atoms with van der Waals surface area (Å²) in [7, 11) is 0. The van der Waals surface area contributed by atoms with E-state index in [0.29, 0.717) is 0 Å². The Balaban J connectivity index is 2.14. The van der Waals surface area contributed by atoms with E-state index in [1.807, 2.05) is 6.08 Å². The van der Waals surface area contributed by atoms with Crippen molar-refractivity contribution in [2.75, 3.05) is 13.1 Å². The summed E-state index contributed by atoms with van der Waals surface area (Å²) < 4.78 is 0.0871. The molecule has 78 valence electrons. The highest BCUT2D eigenvalue weighted by Crippen LogP contribution is 2.38. The van der Waals surface area contributed by atoms with E-state index >= 15 is 0 Å². The summed E-state index contributed by atoms with van der Waals surface area (Å²) in [5.74, 6) is 0. The van der Waals surface area contributed by atoms with Crippen LogP contribution in [0.2, 0.25) is 0 Å². The molecule has 0 unspecified atom stereocenters. The summed E-state index contributed by atoms with van der Waals surface area (Å²) in [6.45, 7) is 6.58. The molecule has 0 radical (unpaired) electrons. The molecule has 2 aliphatic rings. The van der Waals surface area contributed by atoms with E-state index in [4.69, 9.17) is 0 Å². The first kappa shape index (κ1) is 10.1. The van der Waals surface area contributed by atoms with Crippen LogP contribution in [-0.4, -0.2) is 27.9 Å². The summed E-state index contributed by atoms with van der Waals surface area (Å²) >= 11 is 1.46. The quantitative estimate of drug-likeness (QED) is 0.664. The highest BCUT2D eigenvalue weighted by Gasteiger charge is 2.31. The fraction of sp³-hybridized carbons (Fsp3) is 0.727. The third kappa shape index (κ3) is 2.14. The zero-order chi connectivity index (χ0) is 10.2.